The minimum atomic E-state index is -4.89. The van der Waals surface area contributed by atoms with Gasteiger partial charge < -0.3 is 9.64 Å². The summed E-state index contributed by atoms with van der Waals surface area (Å²) in [5.41, 5.74) is -4.19. The van der Waals surface area contributed by atoms with E-state index < -0.39 is 34.4 Å². The van der Waals surface area contributed by atoms with Gasteiger partial charge in [0.2, 0.25) is 5.95 Å². The van der Waals surface area contributed by atoms with Crippen LogP contribution in [0.3, 0.4) is 0 Å². The Bertz CT molecular complexity index is 1180. The molecule has 2 aromatic heterocycles. The molecule has 1 aliphatic carbocycles. The summed E-state index contributed by atoms with van der Waals surface area (Å²) in [5, 5.41) is 12.9. The zero-order chi connectivity index (χ0) is 24.0. The van der Waals surface area contributed by atoms with Crippen LogP contribution in [0, 0.1) is 16.7 Å². The quantitative estimate of drug-likeness (QED) is 0.676. The van der Waals surface area contributed by atoms with Crippen LogP contribution in [-0.2, 0) is 15.7 Å². The number of nitrogens with zero attached hydrogens (tertiary/aromatic N) is 6. The lowest BCUT2D eigenvalue weighted by Gasteiger charge is -2.46. The van der Waals surface area contributed by atoms with Crippen molar-refractivity contribution >= 4 is 11.7 Å². The van der Waals surface area contributed by atoms with Crippen LogP contribution in [0.1, 0.15) is 36.3 Å². The van der Waals surface area contributed by atoms with Crippen LogP contribution in [0.5, 0.6) is 0 Å². The Morgan fingerprint density at radius 3 is 2.61 bits per heavy atom. The van der Waals surface area contributed by atoms with Crippen LogP contribution in [0.15, 0.2) is 36.3 Å². The van der Waals surface area contributed by atoms with E-state index in [0.29, 0.717) is 0 Å². The highest BCUT2D eigenvalue weighted by molar-refractivity contribution is 6.04. The van der Waals surface area contributed by atoms with Gasteiger partial charge in [0, 0.05) is 30.6 Å². The Kier molecular flexibility index (Phi) is 5.32. The number of morpholine rings is 1. The van der Waals surface area contributed by atoms with Crippen molar-refractivity contribution in [1.82, 2.24) is 24.6 Å². The average Bonchev–Trinajstić information content (AvgIpc) is 3.22. The monoisotopic (exact) mass is 460 g/mol. The number of amides is 1. The second-order valence-electron chi connectivity index (χ2n) is 8.58. The number of hydrogen-bond donors (Lipinski definition) is 0. The molecular formula is C21H19F3N6O3. The van der Waals surface area contributed by atoms with E-state index in [1.807, 2.05) is 6.07 Å². The third-order valence-electron chi connectivity index (χ3n) is 5.59. The minimum absolute atomic E-state index is 0.0303. The Morgan fingerprint density at radius 1 is 1.27 bits per heavy atom. The number of ether oxygens (including phenoxy) is 1. The number of nitriles is 1. The maximum Gasteiger partial charge on any atom is 0.435 e. The summed E-state index contributed by atoms with van der Waals surface area (Å²) in [5.74, 6) is -1.35. The van der Waals surface area contributed by atoms with Crippen LogP contribution in [0.4, 0.5) is 13.2 Å². The second kappa shape index (κ2) is 7.77. The zero-order valence-corrected chi connectivity index (χ0v) is 17.8. The molecule has 1 fully saturated rings. The Morgan fingerprint density at radius 2 is 1.97 bits per heavy atom. The highest BCUT2D eigenvalue weighted by Crippen LogP contribution is 2.41. The minimum Gasteiger partial charge on any atom is -0.367 e. The molecule has 1 aliphatic heterocycles. The number of carbonyl (C=O) groups excluding carboxylic acids is 2. The molecule has 0 N–H and O–H groups in total. The predicted molar refractivity (Wildman–Crippen MR) is 106 cm³/mol. The van der Waals surface area contributed by atoms with E-state index in [4.69, 9.17) is 4.74 Å². The third-order valence-corrected chi connectivity index (χ3v) is 5.59. The number of halogens is 3. The van der Waals surface area contributed by atoms with Gasteiger partial charge in [0.25, 0.3) is 5.91 Å². The van der Waals surface area contributed by atoms with Crippen molar-refractivity contribution in [3.05, 3.63) is 47.6 Å². The summed E-state index contributed by atoms with van der Waals surface area (Å²) in [4.78, 5) is 34.7. The number of rotatable bonds is 2. The first-order chi connectivity index (χ1) is 15.5. The van der Waals surface area contributed by atoms with Gasteiger partial charge in [-0.15, -0.1) is 0 Å². The number of carbonyl (C=O) groups is 2. The predicted octanol–water partition coefficient (Wildman–Crippen LogP) is 2.34. The molecule has 2 aliphatic rings. The fourth-order valence-corrected chi connectivity index (χ4v) is 4.25. The normalized spacial score (nSPS) is 22.7. The van der Waals surface area contributed by atoms with Crippen molar-refractivity contribution in [1.29, 1.82) is 5.26 Å². The number of hydrogen-bond acceptors (Lipinski definition) is 7. The van der Waals surface area contributed by atoms with Gasteiger partial charge in [-0.05, 0) is 18.6 Å². The lowest BCUT2D eigenvalue weighted by molar-refractivity contribution is -0.142. The molecule has 1 saturated heterocycles. The lowest BCUT2D eigenvalue weighted by atomic mass is 9.69. The van der Waals surface area contributed by atoms with Crippen LogP contribution in [0.2, 0.25) is 0 Å². The summed E-state index contributed by atoms with van der Waals surface area (Å²) >= 11 is 0. The van der Waals surface area contributed by atoms with Crippen molar-refractivity contribution < 1.29 is 27.5 Å². The van der Waals surface area contributed by atoms with E-state index in [1.54, 1.807) is 13.8 Å². The highest BCUT2D eigenvalue weighted by Gasteiger charge is 2.49. The molecule has 172 valence electrons. The average molecular weight is 460 g/mol. The molecule has 0 saturated carbocycles. The Labute approximate surface area is 186 Å². The van der Waals surface area contributed by atoms with Gasteiger partial charge in [-0.1, -0.05) is 13.8 Å². The number of ketones is 1. The second-order valence-corrected chi connectivity index (χ2v) is 8.58. The number of Topliss-reactive ketones (excluding diaryl/α,β-unsaturated/α-hetero) is 1. The van der Waals surface area contributed by atoms with Crippen LogP contribution < -0.4 is 0 Å². The summed E-state index contributed by atoms with van der Waals surface area (Å²) in [6.07, 6.45) is 0.310. The molecule has 1 amide bonds. The summed E-state index contributed by atoms with van der Waals surface area (Å²) in [6, 6.07) is 3.36. The lowest BCUT2D eigenvalue weighted by Crippen LogP contribution is -2.57. The van der Waals surface area contributed by atoms with Gasteiger partial charge in [0.15, 0.2) is 11.5 Å². The van der Waals surface area contributed by atoms with E-state index >= 15 is 0 Å². The molecule has 0 radical (unpaired) electrons. The Balaban J connectivity index is 1.70. The van der Waals surface area contributed by atoms with E-state index in [2.05, 4.69) is 15.1 Å². The molecule has 0 aromatic carbocycles. The number of alkyl halides is 3. The zero-order valence-electron chi connectivity index (χ0n) is 17.8. The molecule has 1 atom stereocenters. The van der Waals surface area contributed by atoms with Crippen LogP contribution >= 0.6 is 0 Å². The van der Waals surface area contributed by atoms with Crippen molar-refractivity contribution in [2.45, 2.75) is 32.0 Å². The molecule has 0 bridgehead atoms. The smallest absolute Gasteiger partial charge is 0.367 e. The maximum atomic E-state index is 13.7. The third kappa shape index (κ3) is 4.11. The van der Waals surface area contributed by atoms with E-state index in [0.717, 1.165) is 10.9 Å². The van der Waals surface area contributed by atoms with Crippen molar-refractivity contribution in [3.8, 4) is 12.0 Å². The molecular weight excluding hydrogens is 441 g/mol. The molecule has 3 heterocycles. The first-order valence-electron chi connectivity index (χ1n) is 10.0. The van der Waals surface area contributed by atoms with E-state index in [1.165, 1.54) is 29.4 Å². The standard InChI is InChI=1S/C21H19F3N6O3/c1-19(2)11-20(8-13(9-25)16(19)31)12-29(6-7-33-20)17(32)14-10-30(18-26-4-3-5-27-18)28-15(14)21(22,23)24/h3-5,8,10H,6-7,11-12H2,1-2H3. The fraction of sp³-hybridized carbons (Fsp3) is 0.429. The topological polar surface area (TPSA) is 114 Å². The molecule has 9 nitrogen and oxygen atoms in total. The van der Waals surface area contributed by atoms with E-state index in [-0.39, 0.29) is 43.4 Å². The molecule has 2 aromatic rings. The molecule has 33 heavy (non-hydrogen) atoms. The van der Waals surface area contributed by atoms with Crippen LogP contribution in [0.25, 0.3) is 5.95 Å². The maximum absolute atomic E-state index is 13.7. The Hall–Kier alpha value is -3.59. The van der Waals surface area contributed by atoms with Gasteiger partial charge in [-0.25, -0.2) is 14.6 Å². The summed E-state index contributed by atoms with van der Waals surface area (Å²) in [6.45, 7) is 3.28. The van der Waals surface area contributed by atoms with Gasteiger partial charge in [0.05, 0.1) is 24.3 Å². The van der Waals surface area contributed by atoms with Gasteiger partial charge >= 0.3 is 6.18 Å². The first-order valence-corrected chi connectivity index (χ1v) is 10.0. The van der Waals surface area contributed by atoms with Crippen molar-refractivity contribution in [2.75, 3.05) is 19.7 Å². The first kappa shape index (κ1) is 22.6. The number of aromatic nitrogens is 4. The molecule has 1 unspecified atom stereocenters. The van der Waals surface area contributed by atoms with Crippen molar-refractivity contribution in [2.24, 2.45) is 5.41 Å². The fourth-order valence-electron chi connectivity index (χ4n) is 4.25. The number of allylic oxidation sites excluding steroid dienone is 1. The van der Waals surface area contributed by atoms with Crippen LogP contribution in [-0.4, -0.2) is 61.6 Å². The van der Waals surface area contributed by atoms with Gasteiger partial charge in [0.1, 0.15) is 11.7 Å². The largest absolute Gasteiger partial charge is 0.435 e. The molecule has 1 spiro atoms. The SMILES string of the molecule is CC1(C)CC2(C=C(C#N)C1=O)CN(C(=O)c1cn(-c3ncccn3)nc1C(F)(F)F)CCO2. The highest BCUT2D eigenvalue weighted by atomic mass is 19.4. The summed E-state index contributed by atoms with van der Waals surface area (Å²) < 4.78 is 47.8. The van der Waals surface area contributed by atoms with Gasteiger partial charge in [-0.3, -0.25) is 9.59 Å². The molecule has 4 rings (SSSR count). The van der Waals surface area contributed by atoms with Gasteiger partial charge in [-0.2, -0.15) is 23.5 Å². The van der Waals surface area contributed by atoms with Crippen molar-refractivity contribution in [3.63, 3.8) is 0 Å². The summed E-state index contributed by atoms with van der Waals surface area (Å²) in [7, 11) is 0. The van der Waals surface area contributed by atoms with E-state index in [9.17, 15) is 28.0 Å². The molecule has 12 heteroatoms.